The lowest BCUT2D eigenvalue weighted by atomic mass is 9.99. The van der Waals surface area contributed by atoms with Crippen molar-refractivity contribution in [3.63, 3.8) is 0 Å². The molecular formula is C16H19N3OS. The molecule has 1 fully saturated rings. The third-order valence-electron chi connectivity index (χ3n) is 4.05. The second-order valence-corrected chi connectivity index (χ2v) is 6.14. The summed E-state index contributed by atoms with van der Waals surface area (Å²) in [4.78, 5) is 14.7. The van der Waals surface area contributed by atoms with Crippen LogP contribution < -0.4 is 5.32 Å². The summed E-state index contributed by atoms with van der Waals surface area (Å²) >= 11 is 1.35. The Labute approximate surface area is 129 Å². The number of benzene rings is 1. The van der Waals surface area contributed by atoms with E-state index in [2.05, 4.69) is 34.0 Å². The van der Waals surface area contributed by atoms with Gasteiger partial charge in [-0.1, -0.05) is 30.3 Å². The quantitative estimate of drug-likeness (QED) is 0.947. The van der Waals surface area contributed by atoms with Gasteiger partial charge in [0.25, 0.3) is 5.91 Å². The van der Waals surface area contributed by atoms with E-state index in [1.807, 2.05) is 24.9 Å². The van der Waals surface area contributed by atoms with Crippen molar-refractivity contribution in [2.45, 2.75) is 19.3 Å². The molecule has 0 bridgehead atoms. The average molecular weight is 301 g/mol. The van der Waals surface area contributed by atoms with Crippen molar-refractivity contribution in [2.24, 2.45) is 0 Å². The molecule has 2 heterocycles. The Balaban J connectivity index is 1.77. The molecule has 1 saturated heterocycles. The summed E-state index contributed by atoms with van der Waals surface area (Å²) in [6.45, 7) is 3.51. The van der Waals surface area contributed by atoms with E-state index in [0.717, 1.165) is 35.8 Å². The zero-order valence-corrected chi connectivity index (χ0v) is 13.1. The molecule has 1 N–H and O–H groups in total. The van der Waals surface area contributed by atoms with Crippen LogP contribution in [0, 0.1) is 6.92 Å². The summed E-state index contributed by atoms with van der Waals surface area (Å²) < 4.78 is 4.29. The van der Waals surface area contributed by atoms with Crippen LogP contribution in [-0.2, 0) is 0 Å². The van der Waals surface area contributed by atoms with Crippen LogP contribution in [0.1, 0.15) is 34.0 Å². The van der Waals surface area contributed by atoms with Crippen LogP contribution in [0.5, 0.6) is 0 Å². The number of nitrogens with zero attached hydrogens (tertiary/aromatic N) is 2. The average Bonchev–Trinajstić information content (AvgIpc) is 3.14. The molecule has 1 aliphatic rings. The van der Waals surface area contributed by atoms with Gasteiger partial charge in [-0.2, -0.15) is 4.37 Å². The zero-order valence-electron chi connectivity index (χ0n) is 12.3. The van der Waals surface area contributed by atoms with E-state index in [1.54, 1.807) is 0 Å². The van der Waals surface area contributed by atoms with Crippen LogP contribution in [-0.4, -0.2) is 35.3 Å². The van der Waals surface area contributed by atoms with E-state index >= 15 is 0 Å². The molecule has 1 aromatic heterocycles. The van der Waals surface area contributed by atoms with Crippen LogP contribution in [0.3, 0.4) is 0 Å². The Hall–Kier alpha value is -1.88. The predicted molar refractivity (Wildman–Crippen MR) is 86.1 cm³/mol. The summed E-state index contributed by atoms with van der Waals surface area (Å²) in [6, 6.07) is 10.4. The molecule has 0 spiro atoms. The number of carbonyl (C=O) groups excluding carboxylic acids is 1. The van der Waals surface area contributed by atoms with Crippen molar-refractivity contribution in [3.05, 3.63) is 47.2 Å². The molecule has 1 amide bonds. The van der Waals surface area contributed by atoms with E-state index in [-0.39, 0.29) is 5.91 Å². The maximum atomic E-state index is 12.7. The second-order valence-electron chi connectivity index (χ2n) is 5.37. The van der Waals surface area contributed by atoms with Gasteiger partial charge in [0.2, 0.25) is 0 Å². The highest BCUT2D eigenvalue weighted by molar-refractivity contribution is 7.10. The molecule has 0 radical (unpaired) electrons. The van der Waals surface area contributed by atoms with Crippen molar-refractivity contribution >= 4 is 22.4 Å². The summed E-state index contributed by atoms with van der Waals surface area (Å²) in [5.74, 6) is 0.545. The number of nitrogens with one attached hydrogen (secondary N) is 1. The monoisotopic (exact) mass is 301 g/mol. The highest BCUT2D eigenvalue weighted by atomic mass is 32.1. The molecule has 0 aliphatic carbocycles. The number of anilines is 1. The van der Waals surface area contributed by atoms with Crippen LogP contribution in [0.2, 0.25) is 0 Å². The second kappa shape index (κ2) is 5.85. The lowest BCUT2D eigenvalue weighted by Gasteiger charge is -2.17. The molecule has 1 aromatic carbocycles. The standard InChI is InChI=1S/C16H19N3OS/c1-11-14(15(17-2)21-18-11)16(20)19-9-8-13(10-19)12-6-4-3-5-7-12/h3-7,13,17H,8-10H2,1-2H3/t13-/m0/s1. The van der Waals surface area contributed by atoms with Crippen molar-refractivity contribution in [1.82, 2.24) is 9.27 Å². The molecule has 110 valence electrons. The fraction of sp³-hybridized carbons (Fsp3) is 0.375. The summed E-state index contributed by atoms with van der Waals surface area (Å²) in [7, 11) is 1.83. The first-order valence-corrected chi connectivity index (χ1v) is 7.96. The lowest BCUT2D eigenvalue weighted by molar-refractivity contribution is 0.0791. The third-order valence-corrected chi connectivity index (χ3v) is 5.01. The minimum atomic E-state index is 0.101. The van der Waals surface area contributed by atoms with E-state index in [4.69, 9.17) is 0 Å². The Bertz CT molecular complexity index is 638. The first kappa shape index (κ1) is 14.1. The van der Waals surface area contributed by atoms with Crippen molar-refractivity contribution in [3.8, 4) is 0 Å². The largest absolute Gasteiger partial charge is 0.378 e. The highest BCUT2D eigenvalue weighted by Gasteiger charge is 2.30. The molecule has 5 heteroatoms. The van der Waals surface area contributed by atoms with Gasteiger partial charge in [0.15, 0.2) is 0 Å². The first-order valence-electron chi connectivity index (χ1n) is 7.19. The number of hydrogen-bond acceptors (Lipinski definition) is 4. The topological polar surface area (TPSA) is 45.2 Å². The van der Waals surface area contributed by atoms with Gasteiger partial charge in [0.05, 0.1) is 11.3 Å². The molecule has 21 heavy (non-hydrogen) atoms. The number of rotatable bonds is 3. The molecule has 0 unspecified atom stereocenters. The van der Waals surface area contributed by atoms with E-state index in [9.17, 15) is 4.79 Å². The molecule has 3 rings (SSSR count). The Morgan fingerprint density at radius 3 is 2.86 bits per heavy atom. The Kier molecular flexibility index (Phi) is 3.92. The smallest absolute Gasteiger partial charge is 0.258 e. The molecule has 1 atom stereocenters. The first-order chi connectivity index (χ1) is 10.2. The molecule has 2 aromatic rings. The Morgan fingerprint density at radius 2 is 2.14 bits per heavy atom. The van der Waals surface area contributed by atoms with Gasteiger partial charge in [-0.25, -0.2) is 0 Å². The van der Waals surface area contributed by atoms with Gasteiger partial charge in [-0.3, -0.25) is 4.79 Å². The van der Waals surface area contributed by atoms with Crippen LogP contribution in [0.25, 0.3) is 0 Å². The van der Waals surface area contributed by atoms with Crippen molar-refractivity contribution < 1.29 is 4.79 Å². The fourth-order valence-electron chi connectivity index (χ4n) is 2.89. The maximum absolute atomic E-state index is 12.7. The van der Waals surface area contributed by atoms with Gasteiger partial charge in [-0.15, -0.1) is 0 Å². The number of aryl methyl sites for hydroxylation is 1. The Morgan fingerprint density at radius 1 is 1.38 bits per heavy atom. The minimum Gasteiger partial charge on any atom is -0.378 e. The van der Waals surface area contributed by atoms with Crippen LogP contribution >= 0.6 is 11.5 Å². The van der Waals surface area contributed by atoms with Crippen molar-refractivity contribution in [1.29, 1.82) is 0 Å². The molecular weight excluding hydrogens is 282 g/mol. The highest BCUT2D eigenvalue weighted by Crippen LogP contribution is 2.31. The van der Waals surface area contributed by atoms with Gasteiger partial charge in [0, 0.05) is 26.1 Å². The van der Waals surface area contributed by atoms with Gasteiger partial charge in [-0.05, 0) is 30.4 Å². The van der Waals surface area contributed by atoms with E-state index in [0.29, 0.717) is 5.92 Å². The summed E-state index contributed by atoms with van der Waals surface area (Å²) in [5, 5.41) is 3.93. The number of aromatic nitrogens is 1. The lowest BCUT2D eigenvalue weighted by Crippen LogP contribution is -2.29. The normalized spacial score (nSPS) is 18.0. The zero-order chi connectivity index (χ0) is 14.8. The molecule has 1 aliphatic heterocycles. The summed E-state index contributed by atoms with van der Waals surface area (Å²) in [5.41, 5.74) is 2.87. The summed E-state index contributed by atoms with van der Waals surface area (Å²) in [6.07, 6.45) is 1.03. The van der Waals surface area contributed by atoms with Crippen LogP contribution in [0.15, 0.2) is 30.3 Å². The predicted octanol–water partition coefficient (Wildman–Crippen LogP) is 3.12. The van der Waals surface area contributed by atoms with E-state index in [1.165, 1.54) is 17.1 Å². The third kappa shape index (κ3) is 2.65. The number of amides is 1. The van der Waals surface area contributed by atoms with Crippen LogP contribution in [0.4, 0.5) is 5.00 Å². The maximum Gasteiger partial charge on any atom is 0.258 e. The van der Waals surface area contributed by atoms with Gasteiger partial charge >= 0.3 is 0 Å². The number of carbonyl (C=O) groups is 1. The van der Waals surface area contributed by atoms with Crippen molar-refractivity contribution in [2.75, 3.05) is 25.5 Å². The minimum absolute atomic E-state index is 0.101. The van der Waals surface area contributed by atoms with Gasteiger partial charge in [0.1, 0.15) is 5.00 Å². The number of likely N-dealkylation sites (tertiary alicyclic amines) is 1. The molecule has 4 nitrogen and oxygen atoms in total. The van der Waals surface area contributed by atoms with Gasteiger partial charge < -0.3 is 10.2 Å². The van der Waals surface area contributed by atoms with E-state index < -0.39 is 0 Å². The number of hydrogen-bond donors (Lipinski definition) is 1. The fourth-order valence-corrected chi connectivity index (χ4v) is 3.63. The molecule has 0 saturated carbocycles. The SMILES string of the molecule is CNc1snc(C)c1C(=O)N1CC[C@H](c2ccccc2)C1.